The Kier molecular flexibility index (Phi) is 5.33. The van der Waals surface area contributed by atoms with E-state index < -0.39 is 0 Å². The lowest BCUT2D eigenvalue weighted by Gasteiger charge is -2.17. The summed E-state index contributed by atoms with van der Waals surface area (Å²) in [7, 11) is 0. The second-order valence-corrected chi connectivity index (χ2v) is 4.36. The Hall–Kier alpha value is -0.890. The molecule has 2 nitrogen and oxygen atoms in total. The number of hydrogen-bond acceptors (Lipinski definition) is 2. The predicted octanol–water partition coefficient (Wildman–Crippen LogP) is 2.65. The van der Waals surface area contributed by atoms with Crippen LogP contribution < -0.4 is 5.32 Å². The molecule has 0 aliphatic rings. The maximum Gasteiger partial charge on any atom is 0.0270 e. The van der Waals surface area contributed by atoms with Gasteiger partial charge >= 0.3 is 0 Å². The molecule has 0 bridgehead atoms. The number of pyridine rings is 1. The SMILES string of the molecule is CCNC(C)CC(C)Cc1ccncc1. The predicted molar refractivity (Wildman–Crippen MR) is 64.9 cm³/mol. The van der Waals surface area contributed by atoms with Crippen LogP contribution in [0.1, 0.15) is 32.8 Å². The smallest absolute Gasteiger partial charge is 0.0270 e. The van der Waals surface area contributed by atoms with Gasteiger partial charge in [-0.2, -0.15) is 0 Å². The average molecular weight is 206 g/mol. The lowest BCUT2D eigenvalue weighted by atomic mass is 9.95. The summed E-state index contributed by atoms with van der Waals surface area (Å²) in [5.74, 6) is 0.724. The van der Waals surface area contributed by atoms with Crippen molar-refractivity contribution in [2.24, 2.45) is 5.92 Å². The molecule has 0 spiro atoms. The topological polar surface area (TPSA) is 24.9 Å². The second kappa shape index (κ2) is 6.57. The quantitative estimate of drug-likeness (QED) is 0.774. The molecule has 0 aromatic carbocycles. The van der Waals surface area contributed by atoms with Crippen LogP contribution in [0, 0.1) is 5.92 Å². The monoisotopic (exact) mass is 206 g/mol. The van der Waals surface area contributed by atoms with E-state index in [-0.39, 0.29) is 0 Å². The third-order valence-corrected chi connectivity index (χ3v) is 2.64. The van der Waals surface area contributed by atoms with Gasteiger partial charge in [0.05, 0.1) is 0 Å². The van der Waals surface area contributed by atoms with Crippen LogP contribution in [0.25, 0.3) is 0 Å². The van der Waals surface area contributed by atoms with Gasteiger partial charge < -0.3 is 5.32 Å². The van der Waals surface area contributed by atoms with Crippen LogP contribution >= 0.6 is 0 Å². The van der Waals surface area contributed by atoms with E-state index in [4.69, 9.17) is 0 Å². The number of hydrogen-bond donors (Lipinski definition) is 1. The summed E-state index contributed by atoms with van der Waals surface area (Å²) in [6.07, 6.45) is 6.12. The molecule has 2 heteroatoms. The zero-order valence-corrected chi connectivity index (χ0v) is 10.0. The molecular formula is C13H22N2. The van der Waals surface area contributed by atoms with E-state index in [1.807, 2.05) is 12.4 Å². The first-order chi connectivity index (χ1) is 7.22. The molecular weight excluding hydrogens is 184 g/mol. The molecule has 0 saturated carbocycles. The Morgan fingerprint density at radius 3 is 2.53 bits per heavy atom. The van der Waals surface area contributed by atoms with Gasteiger partial charge in [-0.1, -0.05) is 13.8 Å². The van der Waals surface area contributed by atoms with Gasteiger partial charge in [0.1, 0.15) is 0 Å². The number of aromatic nitrogens is 1. The molecule has 2 atom stereocenters. The van der Waals surface area contributed by atoms with Gasteiger partial charge in [0, 0.05) is 18.4 Å². The van der Waals surface area contributed by atoms with Crippen LogP contribution in [0.4, 0.5) is 0 Å². The van der Waals surface area contributed by atoms with Gasteiger partial charge in [-0.05, 0) is 49.9 Å². The van der Waals surface area contributed by atoms with Crippen LogP contribution in [0.5, 0.6) is 0 Å². The van der Waals surface area contributed by atoms with Gasteiger partial charge in [-0.15, -0.1) is 0 Å². The highest BCUT2D eigenvalue weighted by molar-refractivity contribution is 5.10. The van der Waals surface area contributed by atoms with Crippen LogP contribution in [0.3, 0.4) is 0 Å². The highest BCUT2D eigenvalue weighted by Crippen LogP contribution is 2.12. The molecule has 84 valence electrons. The zero-order valence-electron chi connectivity index (χ0n) is 10.0. The summed E-state index contributed by atoms with van der Waals surface area (Å²) in [6.45, 7) is 7.79. The highest BCUT2D eigenvalue weighted by Gasteiger charge is 2.08. The molecule has 1 rings (SSSR count). The van der Waals surface area contributed by atoms with Crippen molar-refractivity contribution >= 4 is 0 Å². The van der Waals surface area contributed by atoms with E-state index in [0.717, 1.165) is 18.9 Å². The minimum atomic E-state index is 0.617. The number of nitrogens with zero attached hydrogens (tertiary/aromatic N) is 1. The van der Waals surface area contributed by atoms with E-state index in [9.17, 15) is 0 Å². The summed E-state index contributed by atoms with van der Waals surface area (Å²) in [6, 6.07) is 4.83. The van der Waals surface area contributed by atoms with Gasteiger partial charge in [0.25, 0.3) is 0 Å². The van der Waals surface area contributed by atoms with E-state index in [1.165, 1.54) is 12.0 Å². The maximum atomic E-state index is 4.03. The van der Waals surface area contributed by atoms with Crippen molar-refractivity contribution in [1.29, 1.82) is 0 Å². The minimum absolute atomic E-state index is 0.617. The molecule has 0 fully saturated rings. The third-order valence-electron chi connectivity index (χ3n) is 2.64. The Bertz CT molecular complexity index is 258. The van der Waals surface area contributed by atoms with E-state index >= 15 is 0 Å². The van der Waals surface area contributed by atoms with Crippen molar-refractivity contribution in [3.05, 3.63) is 30.1 Å². The molecule has 2 unspecified atom stereocenters. The van der Waals surface area contributed by atoms with Crippen molar-refractivity contribution in [1.82, 2.24) is 10.3 Å². The molecule has 1 aromatic heterocycles. The van der Waals surface area contributed by atoms with Crippen molar-refractivity contribution in [3.63, 3.8) is 0 Å². The molecule has 0 saturated heterocycles. The molecule has 0 aliphatic heterocycles. The van der Waals surface area contributed by atoms with E-state index in [0.29, 0.717) is 6.04 Å². The largest absolute Gasteiger partial charge is 0.315 e. The molecule has 1 heterocycles. The Morgan fingerprint density at radius 1 is 1.27 bits per heavy atom. The molecule has 1 aromatic rings. The second-order valence-electron chi connectivity index (χ2n) is 4.36. The van der Waals surface area contributed by atoms with Crippen LogP contribution in [0.2, 0.25) is 0 Å². The first-order valence-electron chi connectivity index (χ1n) is 5.84. The van der Waals surface area contributed by atoms with Crippen molar-refractivity contribution < 1.29 is 0 Å². The van der Waals surface area contributed by atoms with Crippen LogP contribution in [-0.2, 0) is 6.42 Å². The van der Waals surface area contributed by atoms with Gasteiger partial charge in [0.15, 0.2) is 0 Å². The molecule has 1 N–H and O–H groups in total. The van der Waals surface area contributed by atoms with Crippen molar-refractivity contribution in [3.8, 4) is 0 Å². The average Bonchev–Trinajstić information content (AvgIpc) is 2.19. The number of rotatable bonds is 6. The highest BCUT2D eigenvalue weighted by atomic mass is 14.9. The lowest BCUT2D eigenvalue weighted by Crippen LogP contribution is -2.27. The molecule has 0 aliphatic carbocycles. The molecule has 0 radical (unpaired) electrons. The normalized spacial score (nSPS) is 14.9. The standard InChI is InChI=1S/C13H22N2/c1-4-15-12(3)9-11(2)10-13-5-7-14-8-6-13/h5-8,11-12,15H,4,9-10H2,1-3H3. The van der Waals surface area contributed by atoms with Crippen LogP contribution in [-0.4, -0.2) is 17.6 Å². The summed E-state index contributed by atoms with van der Waals surface area (Å²) in [5, 5.41) is 3.45. The summed E-state index contributed by atoms with van der Waals surface area (Å²) < 4.78 is 0. The Labute approximate surface area is 93.1 Å². The number of nitrogens with one attached hydrogen (secondary N) is 1. The third kappa shape index (κ3) is 4.93. The Morgan fingerprint density at radius 2 is 1.93 bits per heavy atom. The molecule has 15 heavy (non-hydrogen) atoms. The van der Waals surface area contributed by atoms with Crippen molar-refractivity contribution in [2.45, 2.75) is 39.7 Å². The fraction of sp³-hybridized carbons (Fsp3) is 0.615. The summed E-state index contributed by atoms with van der Waals surface area (Å²) in [5.41, 5.74) is 1.39. The maximum absolute atomic E-state index is 4.03. The van der Waals surface area contributed by atoms with Gasteiger partial charge in [-0.25, -0.2) is 0 Å². The summed E-state index contributed by atoms with van der Waals surface area (Å²) >= 11 is 0. The Balaban J connectivity index is 2.33. The first kappa shape index (κ1) is 12.2. The van der Waals surface area contributed by atoms with E-state index in [1.54, 1.807) is 0 Å². The van der Waals surface area contributed by atoms with Gasteiger partial charge in [-0.3, -0.25) is 4.98 Å². The first-order valence-corrected chi connectivity index (χ1v) is 5.84. The fourth-order valence-electron chi connectivity index (χ4n) is 2.04. The fourth-order valence-corrected chi connectivity index (χ4v) is 2.04. The van der Waals surface area contributed by atoms with Gasteiger partial charge in [0.2, 0.25) is 0 Å². The van der Waals surface area contributed by atoms with Crippen LogP contribution in [0.15, 0.2) is 24.5 Å². The van der Waals surface area contributed by atoms with E-state index in [2.05, 4.69) is 43.2 Å². The minimum Gasteiger partial charge on any atom is -0.315 e. The van der Waals surface area contributed by atoms with Crippen molar-refractivity contribution in [2.75, 3.05) is 6.54 Å². The zero-order chi connectivity index (χ0) is 11.1. The molecule has 0 amide bonds. The summed E-state index contributed by atoms with van der Waals surface area (Å²) in [4.78, 5) is 4.03. The lowest BCUT2D eigenvalue weighted by molar-refractivity contribution is 0.426.